The quantitative estimate of drug-likeness (QED) is 0.888. The number of piperidine rings is 1. The third kappa shape index (κ3) is 4.08. The Morgan fingerprint density at radius 2 is 2.21 bits per heavy atom. The number of carbonyl (C=O) groups is 1. The fourth-order valence-corrected chi connectivity index (χ4v) is 2.45. The van der Waals surface area contributed by atoms with Crippen LogP contribution in [-0.4, -0.2) is 37.0 Å². The van der Waals surface area contributed by atoms with E-state index in [2.05, 4.69) is 23.3 Å². The Bertz CT molecular complexity index is 475. The van der Waals surface area contributed by atoms with Gasteiger partial charge in [-0.25, -0.2) is 0 Å². The van der Waals surface area contributed by atoms with Crippen LogP contribution in [0.3, 0.4) is 0 Å². The standard InChI is InChI=1S/C15H19N3O/c1-18-8-2-3-14(11-18)17-15(19)9-12-4-6-13(10-16)7-5-12/h4-7,14H,2-3,8-9,11H2,1H3,(H,17,19). The topological polar surface area (TPSA) is 56.1 Å². The van der Waals surface area contributed by atoms with Gasteiger partial charge < -0.3 is 10.2 Å². The van der Waals surface area contributed by atoms with Crippen LogP contribution in [0.1, 0.15) is 24.0 Å². The molecule has 1 aliphatic heterocycles. The van der Waals surface area contributed by atoms with E-state index in [1.807, 2.05) is 12.1 Å². The zero-order valence-electron chi connectivity index (χ0n) is 11.2. The number of hydrogen-bond acceptors (Lipinski definition) is 3. The molecule has 1 fully saturated rings. The van der Waals surface area contributed by atoms with Gasteiger partial charge in [-0.05, 0) is 44.1 Å². The molecule has 0 saturated carbocycles. The van der Waals surface area contributed by atoms with Gasteiger partial charge in [0.2, 0.25) is 5.91 Å². The zero-order valence-corrected chi connectivity index (χ0v) is 11.2. The SMILES string of the molecule is CN1CCCC(NC(=O)Cc2ccc(C#N)cc2)C1. The zero-order chi connectivity index (χ0) is 13.7. The maximum atomic E-state index is 11.9. The minimum atomic E-state index is 0.0602. The molecule has 100 valence electrons. The molecule has 0 radical (unpaired) electrons. The lowest BCUT2D eigenvalue weighted by Gasteiger charge is -2.30. The molecule has 1 N–H and O–H groups in total. The summed E-state index contributed by atoms with van der Waals surface area (Å²) in [6.45, 7) is 2.04. The third-order valence-electron chi connectivity index (χ3n) is 3.44. The minimum Gasteiger partial charge on any atom is -0.352 e. The average molecular weight is 257 g/mol. The Morgan fingerprint density at radius 1 is 1.47 bits per heavy atom. The number of nitrogens with zero attached hydrogens (tertiary/aromatic N) is 2. The number of likely N-dealkylation sites (tertiary alicyclic amines) is 1. The Morgan fingerprint density at radius 3 is 2.84 bits per heavy atom. The molecule has 0 spiro atoms. The highest BCUT2D eigenvalue weighted by atomic mass is 16.1. The summed E-state index contributed by atoms with van der Waals surface area (Å²) in [5.74, 6) is 0.0602. The molecule has 1 aromatic rings. The van der Waals surface area contributed by atoms with E-state index in [1.165, 1.54) is 0 Å². The van der Waals surface area contributed by atoms with Crippen molar-refractivity contribution in [3.8, 4) is 6.07 Å². The van der Waals surface area contributed by atoms with Crippen LogP contribution < -0.4 is 5.32 Å². The Balaban J connectivity index is 1.85. The van der Waals surface area contributed by atoms with Gasteiger partial charge in [0.25, 0.3) is 0 Å². The number of carbonyl (C=O) groups excluding carboxylic acids is 1. The van der Waals surface area contributed by atoms with Crippen molar-refractivity contribution in [3.63, 3.8) is 0 Å². The molecule has 1 saturated heterocycles. The van der Waals surface area contributed by atoms with Crippen molar-refractivity contribution in [2.75, 3.05) is 20.1 Å². The smallest absolute Gasteiger partial charge is 0.224 e. The van der Waals surface area contributed by atoms with Crippen LogP contribution in [0.4, 0.5) is 0 Å². The summed E-state index contributed by atoms with van der Waals surface area (Å²) in [6, 6.07) is 9.51. The lowest BCUT2D eigenvalue weighted by Crippen LogP contribution is -2.46. The van der Waals surface area contributed by atoms with E-state index in [0.29, 0.717) is 12.0 Å². The van der Waals surface area contributed by atoms with Gasteiger partial charge in [-0.1, -0.05) is 12.1 Å². The molecule has 0 aliphatic carbocycles. The first kappa shape index (κ1) is 13.6. The summed E-state index contributed by atoms with van der Waals surface area (Å²) in [5.41, 5.74) is 1.57. The minimum absolute atomic E-state index is 0.0602. The van der Waals surface area contributed by atoms with E-state index in [0.717, 1.165) is 31.5 Å². The number of amides is 1. The molecule has 1 atom stereocenters. The average Bonchev–Trinajstić information content (AvgIpc) is 2.39. The Labute approximate surface area is 114 Å². The second-order valence-electron chi connectivity index (χ2n) is 5.15. The monoisotopic (exact) mass is 257 g/mol. The van der Waals surface area contributed by atoms with E-state index >= 15 is 0 Å². The molecule has 4 nitrogen and oxygen atoms in total. The lowest BCUT2D eigenvalue weighted by molar-refractivity contribution is -0.121. The third-order valence-corrected chi connectivity index (χ3v) is 3.44. The lowest BCUT2D eigenvalue weighted by atomic mass is 10.1. The van der Waals surface area contributed by atoms with Crippen molar-refractivity contribution < 1.29 is 4.79 Å². The van der Waals surface area contributed by atoms with Crippen LogP contribution in [0, 0.1) is 11.3 Å². The number of nitriles is 1. The molecule has 1 aromatic carbocycles. The first-order chi connectivity index (χ1) is 9.17. The van der Waals surface area contributed by atoms with Gasteiger partial charge in [-0.15, -0.1) is 0 Å². The van der Waals surface area contributed by atoms with Crippen molar-refractivity contribution in [1.29, 1.82) is 5.26 Å². The summed E-state index contributed by atoms with van der Waals surface area (Å²) < 4.78 is 0. The largest absolute Gasteiger partial charge is 0.352 e. The molecule has 1 heterocycles. The summed E-state index contributed by atoms with van der Waals surface area (Å²) in [6.07, 6.45) is 2.58. The van der Waals surface area contributed by atoms with E-state index in [1.54, 1.807) is 12.1 Å². The number of benzene rings is 1. The van der Waals surface area contributed by atoms with Crippen molar-refractivity contribution in [2.45, 2.75) is 25.3 Å². The molecule has 0 aromatic heterocycles. The van der Waals surface area contributed by atoms with Gasteiger partial charge in [-0.2, -0.15) is 5.26 Å². The van der Waals surface area contributed by atoms with E-state index < -0.39 is 0 Å². The number of nitrogens with one attached hydrogen (secondary N) is 1. The van der Waals surface area contributed by atoms with E-state index in [4.69, 9.17) is 5.26 Å². The number of rotatable bonds is 3. The molecule has 4 heteroatoms. The Hall–Kier alpha value is -1.86. The van der Waals surface area contributed by atoms with Crippen molar-refractivity contribution in [2.24, 2.45) is 0 Å². The van der Waals surface area contributed by atoms with Crippen LogP contribution in [0.15, 0.2) is 24.3 Å². The summed E-state index contributed by atoms with van der Waals surface area (Å²) in [7, 11) is 2.08. The van der Waals surface area contributed by atoms with E-state index in [-0.39, 0.29) is 11.9 Å². The van der Waals surface area contributed by atoms with Crippen molar-refractivity contribution >= 4 is 5.91 Å². The maximum Gasteiger partial charge on any atom is 0.224 e. The van der Waals surface area contributed by atoms with Gasteiger partial charge in [0, 0.05) is 12.6 Å². The Kier molecular flexibility index (Phi) is 4.53. The summed E-state index contributed by atoms with van der Waals surface area (Å²) >= 11 is 0. The highest BCUT2D eigenvalue weighted by Crippen LogP contribution is 2.09. The van der Waals surface area contributed by atoms with Crippen molar-refractivity contribution in [1.82, 2.24) is 10.2 Å². The highest BCUT2D eigenvalue weighted by Gasteiger charge is 2.18. The van der Waals surface area contributed by atoms with Crippen LogP contribution in [0.5, 0.6) is 0 Å². The van der Waals surface area contributed by atoms with Gasteiger partial charge in [-0.3, -0.25) is 4.79 Å². The fraction of sp³-hybridized carbons (Fsp3) is 0.467. The second kappa shape index (κ2) is 6.35. The normalized spacial score (nSPS) is 19.7. The molecule has 0 bridgehead atoms. The summed E-state index contributed by atoms with van der Waals surface area (Å²) in [5, 5.41) is 11.8. The van der Waals surface area contributed by atoms with Gasteiger partial charge in [0.1, 0.15) is 0 Å². The van der Waals surface area contributed by atoms with Crippen LogP contribution in [-0.2, 0) is 11.2 Å². The predicted octanol–water partition coefficient (Wildman–Crippen LogP) is 1.31. The molecule has 1 aliphatic rings. The molecule has 1 amide bonds. The first-order valence-electron chi connectivity index (χ1n) is 6.64. The molecule has 2 rings (SSSR count). The van der Waals surface area contributed by atoms with Crippen molar-refractivity contribution in [3.05, 3.63) is 35.4 Å². The summed E-state index contributed by atoms with van der Waals surface area (Å²) in [4.78, 5) is 14.2. The second-order valence-corrected chi connectivity index (χ2v) is 5.15. The highest BCUT2D eigenvalue weighted by molar-refractivity contribution is 5.78. The van der Waals surface area contributed by atoms with E-state index in [9.17, 15) is 4.79 Å². The molecular weight excluding hydrogens is 238 g/mol. The fourth-order valence-electron chi connectivity index (χ4n) is 2.45. The molecule has 1 unspecified atom stereocenters. The number of hydrogen-bond donors (Lipinski definition) is 1. The molecule has 19 heavy (non-hydrogen) atoms. The molecular formula is C15H19N3O. The maximum absolute atomic E-state index is 11.9. The van der Waals surface area contributed by atoms with Gasteiger partial charge in [0.05, 0.1) is 18.1 Å². The van der Waals surface area contributed by atoms with Gasteiger partial charge in [0.15, 0.2) is 0 Å². The van der Waals surface area contributed by atoms with Crippen LogP contribution in [0.2, 0.25) is 0 Å². The number of likely N-dealkylation sites (N-methyl/N-ethyl adjacent to an activating group) is 1. The van der Waals surface area contributed by atoms with Crippen LogP contribution in [0.25, 0.3) is 0 Å². The first-order valence-corrected chi connectivity index (χ1v) is 6.64. The predicted molar refractivity (Wildman–Crippen MR) is 73.5 cm³/mol. The van der Waals surface area contributed by atoms with Crippen LogP contribution >= 0.6 is 0 Å². The van der Waals surface area contributed by atoms with Gasteiger partial charge >= 0.3 is 0 Å².